The molecule has 28 heavy (non-hydrogen) atoms. The molecule has 140 valence electrons. The smallest absolute Gasteiger partial charge is 0.260 e. The van der Waals surface area contributed by atoms with E-state index < -0.39 is 0 Å². The summed E-state index contributed by atoms with van der Waals surface area (Å²) in [5.74, 6) is 1.01. The average molecular weight is 371 g/mol. The van der Waals surface area contributed by atoms with E-state index in [-0.39, 0.29) is 5.91 Å². The Balaban J connectivity index is 1.81. The Morgan fingerprint density at radius 1 is 1.00 bits per heavy atom. The molecule has 0 spiro atoms. The molecule has 1 aromatic heterocycles. The third-order valence-corrected chi connectivity index (χ3v) is 4.78. The van der Waals surface area contributed by atoms with Gasteiger partial charge in [-0.3, -0.25) is 4.79 Å². The summed E-state index contributed by atoms with van der Waals surface area (Å²) < 4.78 is 11.4. The Bertz CT molecular complexity index is 1110. The lowest BCUT2D eigenvalue weighted by molar-refractivity contribution is 0.102. The third kappa shape index (κ3) is 3.37. The van der Waals surface area contributed by atoms with Crippen LogP contribution in [0.15, 0.2) is 77.2 Å². The molecule has 0 unspecified atom stereocenters. The predicted molar refractivity (Wildman–Crippen MR) is 112 cm³/mol. The van der Waals surface area contributed by atoms with Crippen LogP contribution in [0.4, 0.5) is 5.69 Å². The zero-order chi connectivity index (χ0) is 19.5. The van der Waals surface area contributed by atoms with Gasteiger partial charge in [-0.05, 0) is 42.3 Å². The molecule has 1 N–H and O–H groups in total. The fraction of sp³-hybridized carbons (Fsp3) is 0.125. The van der Waals surface area contributed by atoms with Crippen LogP contribution in [0.5, 0.6) is 5.75 Å². The molecule has 4 aromatic rings. The maximum absolute atomic E-state index is 13.2. The Morgan fingerprint density at radius 3 is 2.43 bits per heavy atom. The summed E-state index contributed by atoms with van der Waals surface area (Å²) in [5.41, 5.74) is 3.97. The van der Waals surface area contributed by atoms with Crippen molar-refractivity contribution in [1.82, 2.24) is 0 Å². The number of amides is 1. The number of rotatable bonds is 5. The van der Waals surface area contributed by atoms with Crippen LogP contribution in [0.3, 0.4) is 0 Å². The van der Waals surface area contributed by atoms with Gasteiger partial charge in [0.15, 0.2) is 0 Å². The number of anilines is 1. The van der Waals surface area contributed by atoms with E-state index in [1.807, 2.05) is 72.8 Å². The van der Waals surface area contributed by atoms with Gasteiger partial charge in [0.25, 0.3) is 5.91 Å². The highest BCUT2D eigenvalue weighted by molar-refractivity contribution is 6.16. The summed E-state index contributed by atoms with van der Waals surface area (Å²) in [5, 5.41) is 3.72. The Labute approximate surface area is 163 Å². The van der Waals surface area contributed by atoms with Crippen LogP contribution in [0.25, 0.3) is 22.3 Å². The first-order valence-electron chi connectivity index (χ1n) is 9.26. The number of aryl methyl sites for hydroxylation is 1. The minimum atomic E-state index is -0.213. The van der Waals surface area contributed by atoms with Gasteiger partial charge in [0.05, 0.1) is 12.7 Å². The van der Waals surface area contributed by atoms with E-state index in [0.717, 1.165) is 23.1 Å². The van der Waals surface area contributed by atoms with Crippen molar-refractivity contribution in [3.8, 4) is 17.1 Å². The van der Waals surface area contributed by atoms with Crippen molar-refractivity contribution in [1.29, 1.82) is 0 Å². The molecule has 0 radical (unpaired) electrons. The Hall–Kier alpha value is -3.53. The highest BCUT2D eigenvalue weighted by Gasteiger charge is 2.22. The fourth-order valence-corrected chi connectivity index (χ4v) is 3.24. The molecule has 0 saturated carbocycles. The molecule has 1 amide bonds. The second kappa shape index (κ2) is 7.61. The molecule has 1 heterocycles. The summed E-state index contributed by atoms with van der Waals surface area (Å²) in [6.45, 7) is 2.10. The third-order valence-electron chi connectivity index (χ3n) is 4.78. The first-order chi connectivity index (χ1) is 13.7. The van der Waals surface area contributed by atoms with Crippen LogP contribution < -0.4 is 10.1 Å². The van der Waals surface area contributed by atoms with Gasteiger partial charge in [0.2, 0.25) is 0 Å². The summed E-state index contributed by atoms with van der Waals surface area (Å²) >= 11 is 0. The van der Waals surface area contributed by atoms with Crippen molar-refractivity contribution in [3.63, 3.8) is 0 Å². The van der Waals surface area contributed by atoms with Crippen molar-refractivity contribution in [2.24, 2.45) is 0 Å². The molecule has 0 fully saturated rings. The minimum Gasteiger partial charge on any atom is -0.497 e. The van der Waals surface area contributed by atoms with Gasteiger partial charge in [0.1, 0.15) is 17.1 Å². The van der Waals surface area contributed by atoms with Crippen molar-refractivity contribution < 1.29 is 13.9 Å². The number of nitrogens with one attached hydrogen (secondary N) is 1. The topological polar surface area (TPSA) is 51.5 Å². The Morgan fingerprint density at radius 2 is 1.75 bits per heavy atom. The van der Waals surface area contributed by atoms with Crippen LogP contribution >= 0.6 is 0 Å². The number of carbonyl (C=O) groups excluding carboxylic acids is 1. The number of benzene rings is 3. The molecular formula is C24H21NO3. The first kappa shape index (κ1) is 17.9. The maximum atomic E-state index is 13.2. The first-order valence-corrected chi connectivity index (χ1v) is 9.26. The molecule has 0 aliphatic heterocycles. The second-order valence-corrected chi connectivity index (χ2v) is 6.54. The molecule has 3 aromatic carbocycles. The molecular weight excluding hydrogens is 350 g/mol. The standard InChI is InChI=1S/C24H21NO3/c1-3-16-9-11-18(12-10-16)25-24(26)22-20-15-19(27-2)13-14-21(20)28-23(22)17-7-5-4-6-8-17/h4-15H,3H2,1-2H3,(H,25,26). The number of fused-ring (bicyclic) bond motifs is 1. The van der Waals surface area contributed by atoms with E-state index in [9.17, 15) is 4.79 Å². The van der Waals surface area contributed by atoms with Crippen LogP contribution in [0, 0.1) is 0 Å². The average Bonchev–Trinajstić information content (AvgIpc) is 3.13. The molecule has 0 aliphatic rings. The number of carbonyl (C=O) groups is 1. The molecule has 0 aliphatic carbocycles. The van der Waals surface area contributed by atoms with E-state index in [1.54, 1.807) is 7.11 Å². The van der Waals surface area contributed by atoms with Crippen LogP contribution in [-0.2, 0) is 6.42 Å². The van der Waals surface area contributed by atoms with Crippen LogP contribution in [0.2, 0.25) is 0 Å². The number of hydrogen-bond donors (Lipinski definition) is 1. The zero-order valence-electron chi connectivity index (χ0n) is 15.9. The van der Waals surface area contributed by atoms with E-state index >= 15 is 0 Å². The monoisotopic (exact) mass is 371 g/mol. The number of furan rings is 1. The van der Waals surface area contributed by atoms with E-state index in [0.29, 0.717) is 22.7 Å². The highest BCUT2D eigenvalue weighted by atomic mass is 16.5. The normalized spacial score (nSPS) is 10.8. The lowest BCUT2D eigenvalue weighted by Gasteiger charge is -2.07. The predicted octanol–water partition coefficient (Wildman–Crippen LogP) is 5.92. The maximum Gasteiger partial charge on any atom is 0.260 e. The van der Waals surface area contributed by atoms with Gasteiger partial charge >= 0.3 is 0 Å². The number of methoxy groups -OCH3 is 1. The van der Waals surface area contributed by atoms with Gasteiger partial charge in [-0.25, -0.2) is 0 Å². The molecule has 4 nitrogen and oxygen atoms in total. The van der Waals surface area contributed by atoms with Crippen molar-refractivity contribution in [3.05, 3.63) is 83.9 Å². The van der Waals surface area contributed by atoms with Gasteiger partial charge in [-0.15, -0.1) is 0 Å². The SMILES string of the molecule is CCc1ccc(NC(=O)c2c(-c3ccccc3)oc3ccc(OC)cc23)cc1. The molecule has 4 rings (SSSR count). The van der Waals surface area contributed by atoms with Crippen molar-refractivity contribution >= 4 is 22.6 Å². The van der Waals surface area contributed by atoms with E-state index in [1.165, 1.54) is 5.56 Å². The van der Waals surface area contributed by atoms with Crippen LogP contribution in [-0.4, -0.2) is 13.0 Å². The summed E-state index contributed by atoms with van der Waals surface area (Å²) in [6.07, 6.45) is 0.957. The van der Waals surface area contributed by atoms with Crippen LogP contribution in [0.1, 0.15) is 22.8 Å². The molecule has 0 saturated heterocycles. The summed E-state index contributed by atoms with van der Waals surface area (Å²) in [6, 6.07) is 23.0. The number of ether oxygens (including phenoxy) is 1. The number of hydrogen-bond acceptors (Lipinski definition) is 3. The van der Waals surface area contributed by atoms with Gasteiger partial charge in [0, 0.05) is 16.6 Å². The largest absolute Gasteiger partial charge is 0.497 e. The lowest BCUT2D eigenvalue weighted by Crippen LogP contribution is -2.12. The Kier molecular flexibility index (Phi) is 4.85. The van der Waals surface area contributed by atoms with Gasteiger partial charge in [-0.2, -0.15) is 0 Å². The van der Waals surface area contributed by atoms with Crippen molar-refractivity contribution in [2.75, 3.05) is 12.4 Å². The fourth-order valence-electron chi connectivity index (χ4n) is 3.24. The van der Waals surface area contributed by atoms with Gasteiger partial charge in [-0.1, -0.05) is 49.4 Å². The minimum absolute atomic E-state index is 0.213. The summed E-state index contributed by atoms with van der Waals surface area (Å²) in [7, 11) is 1.61. The quantitative estimate of drug-likeness (QED) is 0.473. The molecule has 4 heteroatoms. The zero-order valence-corrected chi connectivity index (χ0v) is 15.9. The van der Waals surface area contributed by atoms with Crippen molar-refractivity contribution in [2.45, 2.75) is 13.3 Å². The molecule has 0 bridgehead atoms. The van der Waals surface area contributed by atoms with E-state index in [2.05, 4.69) is 12.2 Å². The second-order valence-electron chi connectivity index (χ2n) is 6.54. The highest BCUT2D eigenvalue weighted by Crippen LogP contribution is 2.36. The van der Waals surface area contributed by atoms with Gasteiger partial charge < -0.3 is 14.5 Å². The van der Waals surface area contributed by atoms with E-state index in [4.69, 9.17) is 9.15 Å². The lowest BCUT2D eigenvalue weighted by atomic mass is 10.0. The molecule has 0 atom stereocenters. The summed E-state index contributed by atoms with van der Waals surface area (Å²) in [4.78, 5) is 13.2.